The Morgan fingerprint density at radius 1 is 1.13 bits per heavy atom. The molecule has 0 unspecified atom stereocenters. The van der Waals surface area contributed by atoms with E-state index in [2.05, 4.69) is 14.7 Å². The highest BCUT2D eigenvalue weighted by atomic mass is 32.2. The van der Waals surface area contributed by atoms with Gasteiger partial charge in [-0.1, -0.05) is 0 Å². The number of pyridine rings is 1. The molecule has 9 nitrogen and oxygen atoms in total. The number of methoxy groups -OCH3 is 1. The topological polar surface area (TPSA) is 130 Å². The molecule has 4 aromatic rings. The van der Waals surface area contributed by atoms with Gasteiger partial charge in [0, 0.05) is 28.2 Å². The highest BCUT2D eigenvalue weighted by molar-refractivity contribution is 7.92. The Morgan fingerprint density at radius 2 is 1.87 bits per heavy atom. The molecule has 0 radical (unpaired) electrons. The van der Waals surface area contributed by atoms with Crippen molar-refractivity contribution in [2.75, 3.05) is 18.4 Å². The molecule has 4 rings (SSSR count). The lowest BCUT2D eigenvalue weighted by molar-refractivity contribution is 0.0529. The first-order valence-corrected chi connectivity index (χ1v) is 10.8. The predicted octanol–water partition coefficient (Wildman–Crippen LogP) is 3.00. The number of carbonyl (C=O) groups excluding carboxylic acids is 1. The number of H-pyrrole nitrogens is 2. The van der Waals surface area contributed by atoms with E-state index in [0.717, 1.165) is 0 Å². The van der Waals surface area contributed by atoms with Crippen molar-refractivity contribution in [1.29, 1.82) is 0 Å². The van der Waals surface area contributed by atoms with Crippen LogP contribution in [0.4, 0.5) is 5.69 Å². The van der Waals surface area contributed by atoms with Crippen molar-refractivity contribution in [3.05, 3.63) is 64.6 Å². The van der Waals surface area contributed by atoms with Crippen LogP contribution in [0.5, 0.6) is 5.75 Å². The Morgan fingerprint density at radius 3 is 2.55 bits per heavy atom. The number of aromatic amines is 2. The van der Waals surface area contributed by atoms with Gasteiger partial charge in [-0.25, -0.2) is 13.2 Å². The number of ether oxygens (including phenoxy) is 2. The Kier molecular flexibility index (Phi) is 5.15. The fourth-order valence-electron chi connectivity index (χ4n) is 3.32. The number of anilines is 1. The van der Waals surface area contributed by atoms with Crippen LogP contribution in [0.2, 0.25) is 0 Å². The highest BCUT2D eigenvalue weighted by Crippen LogP contribution is 2.28. The van der Waals surface area contributed by atoms with E-state index in [-0.39, 0.29) is 22.6 Å². The predicted molar refractivity (Wildman–Crippen MR) is 116 cm³/mol. The molecular formula is C21H19N3O6S. The normalized spacial score (nSPS) is 11.5. The van der Waals surface area contributed by atoms with Crippen molar-refractivity contribution in [3.8, 4) is 5.75 Å². The number of hydrogen-bond acceptors (Lipinski definition) is 6. The molecule has 0 aliphatic carbocycles. The Balaban J connectivity index is 1.84. The van der Waals surface area contributed by atoms with Crippen molar-refractivity contribution in [1.82, 2.24) is 9.97 Å². The molecule has 0 fully saturated rings. The Labute approximate surface area is 177 Å². The lowest BCUT2D eigenvalue weighted by Gasteiger charge is -2.10. The molecule has 0 atom stereocenters. The van der Waals surface area contributed by atoms with E-state index in [4.69, 9.17) is 9.47 Å². The van der Waals surface area contributed by atoms with Gasteiger partial charge in [-0.2, -0.15) is 0 Å². The second kappa shape index (κ2) is 7.80. The summed E-state index contributed by atoms with van der Waals surface area (Å²) in [4.78, 5) is 30.2. The first-order valence-electron chi connectivity index (χ1n) is 9.35. The molecule has 0 amide bonds. The summed E-state index contributed by atoms with van der Waals surface area (Å²) in [6, 6.07) is 10.7. The zero-order chi connectivity index (χ0) is 22.2. The van der Waals surface area contributed by atoms with E-state index in [1.165, 1.54) is 31.5 Å². The minimum Gasteiger partial charge on any atom is -0.497 e. The van der Waals surface area contributed by atoms with Crippen LogP contribution in [0, 0.1) is 0 Å². The largest absolute Gasteiger partial charge is 0.497 e. The number of rotatable bonds is 6. The molecule has 10 heteroatoms. The van der Waals surface area contributed by atoms with E-state index >= 15 is 0 Å². The molecule has 160 valence electrons. The van der Waals surface area contributed by atoms with Gasteiger partial charge in [0.05, 0.1) is 24.2 Å². The Hall–Kier alpha value is -3.79. The van der Waals surface area contributed by atoms with E-state index < -0.39 is 21.6 Å². The zero-order valence-electron chi connectivity index (χ0n) is 16.7. The van der Waals surface area contributed by atoms with Crippen LogP contribution in [0.25, 0.3) is 21.8 Å². The maximum Gasteiger partial charge on any atom is 0.340 e. The highest BCUT2D eigenvalue weighted by Gasteiger charge is 2.21. The molecule has 2 aromatic carbocycles. The summed E-state index contributed by atoms with van der Waals surface area (Å²) in [5.41, 5.74) is 0.649. The second-order valence-electron chi connectivity index (χ2n) is 6.67. The van der Waals surface area contributed by atoms with Gasteiger partial charge in [0.15, 0.2) is 0 Å². The third kappa shape index (κ3) is 3.73. The van der Waals surface area contributed by atoms with Gasteiger partial charge in [0.25, 0.3) is 15.6 Å². The van der Waals surface area contributed by atoms with Crippen molar-refractivity contribution in [2.45, 2.75) is 11.8 Å². The first kappa shape index (κ1) is 20.5. The van der Waals surface area contributed by atoms with Crippen molar-refractivity contribution in [2.24, 2.45) is 0 Å². The second-order valence-corrected chi connectivity index (χ2v) is 8.35. The summed E-state index contributed by atoms with van der Waals surface area (Å²) in [6.07, 6.45) is 1.38. The summed E-state index contributed by atoms with van der Waals surface area (Å²) in [7, 11) is -2.42. The standard InChI is InChI=1S/C21H19N3O6S/c1-3-30-21(26)16-11-22-19-18(16)15-10-14(8-9-17(15)23-20(19)25)31(27,28)24-12-4-6-13(29-2)7-5-12/h4-11,22,24H,3H2,1-2H3,(H,23,25). The smallest absolute Gasteiger partial charge is 0.340 e. The van der Waals surface area contributed by atoms with Gasteiger partial charge >= 0.3 is 5.97 Å². The average molecular weight is 441 g/mol. The molecule has 0 aliphatic rings. The minimum absolute atomic E-state index is 0.0276. The van der Waals surface area contributed by atoms with Crippen LogP contribution in [0.15, 0.2) is 58.4 Å². The Bertz CT molecular complexity index is 1450. The maximum absolute atomic E-state index is 12.9. The van der Waals surface area contributed by atoms with Crippen LogP contribution in [0.1, 0.15) is 17.3 Å². The lowest BCUT2D eigenvalue weighted by Crippen LogP contribution is -2.13. The van der Waals surface area contributed by atoms with Crippen LogP contribution in [-0.4, -0.2) is 38.1 Å². The number of fused-ring (bicyclic) bond motifs is 3. The van der Waals surface area contributed by atoms with Gasteiger partial charge in [-0.05, 0) is 49.4 Å². The molecule has 0 aliphatic heterocycles. The molecule has 3 N–H and O–H groups in total. The fraction of sp³-hybridized carbons (Fsp3) is 0.143. The van der Waals surface area contributed by atoms with E-state index in [1.807, 2.05) is 0 Å². The number of nitrogens with one attached hydrogen (secondary N) is 3. The summed E-state index contributed by atoms with van der Waals surface area (Å²) in [6.45, 7) is 1.84. The molecule has 2 heterocycles. The van der Waals surface area contributed by atoms with Crippen molar-refractivity contribution in [3.63, 3.8) is 0 Å². The first-order chi connectivity index (χ1) is 14.8. The van der Waals surface area contributed by atoms with E-state index in [1.54, 1.807) is 31.2 Å². The number of aromatic nitrogens is 2. The third-order valence-electron chi connectivity index (χ3n) is 4.76. The van der Waals surface area contributed by atoms with Crippen molar-refractivity contribution < 1.29 is 22.7 Å². The van der Waals surface area contributed by atoms with Gasteiger partial charge in [-0.3, -0.25) is 9.52 Å². The number of benzene rings is 2. The van der Waals surface area contributed by atoms with Gasteiger partial charge in [-0.15, -0.1) is 0 Å². The average Bonchev–Trinajstić information content (AvgIpc) is 3.20. The maximum atomic E-state index is 12.9. The number of sulfonamides is 1. The SMILES string of the molecule is CCOC(=O)c1c[nH]c2c(=O)[nH]c3ccc(S(=O)(=O)Nc4ccc(OC)cc4)cc3c12. The number of carbonyl (C=O) groups is 1. The van der Waals surface area contributed by atoms with Gasteiger partial charge < -0.3 is 19.4 Å². The monoisotopic (exact) mass is 441 g/mol. The minimum atomic E-state index is -3.94. The lowest BCUT2D eigenvalue weighted by atomic mass is 10.1. The summed E-state index contributed by atoms with van der Waals surface area (Å²) in [5.74, 6) is -0.00998. The summed E-state index contributed by atoms with van der Waals surface area (Å²) in [5, 5.41) is 0.704. The molecule has 31 heavy (non-hydrogen) atoms. The van der Waals surface area contributed by atoms with Crippen LogP contribution >= 0.6 is 0 Å². The van der Waals surface area contributed by atoms with Gasteiger partial charge in [0.2, 0.25) is 0 Å². The van der Waals surface area contributed by atoms with Gasteiger partial charge in [0.1, 0.15) is 11.3 Å². The molecule has 0 saturated carbocycles. The number of hydrogen-bond donors (Lipinski definition) is 3. The molecular weight excluding hydrogens is 422 g/mol. The molecule has 0 saturated heterocycles. The van der Waals surface area contributed by atoms with Crippen molar-refractivity contribution >= 4 is 43.5 Å². The van der Waals surface area contributed by atoms with E-state index in [9.17, 15) is 18.0 Å². The van der Waals surface area contributed by atoms with Crippen LogP contribution in [0.3, 0.4) is 0 Å². The summed E-state index contributed by atoms with van der Waals surface area (Å²) < 4.78 is 38.5. The zero-order valence-corrected chi connectivity index (χ0v) is 17.5. The molecule has 0 bridgehead atoms. The number of esters is 1. The van der Waals surface area contributed by atoms with E-state index in [0.29, 0.717) is 27.7 Å². The summed E-state index contributed by atoms with van der Waals surface area (Å²) >= 11 is 0. The van der Waals surface area contributed by atoms with Crippen LogP contribution < -0.4 is 15.0 Å². The fourth-order valence-corrected chi connectivity index (χ4v) is 4.40. The third-order valence-corrected chi connectivity index (χ3v) is 6.14. The van der Waals surface area contributed by atoms with Crippen LogP contribution in [-0.2, 0) is 14.8 Å². The quantitative estimate of drug-likeness (QED) is 0.394. The molecule has 2 aromatic heterocycles. The molecule has 0 spiro atoms.